The van der Waals surface area contributed by atoms with Gasteiger partial charge in [0.1, 0.15) is 17.8 Å². The van der Waals surface area contributed by atoms with Crippen LogP contribution in [0.1, 0.15) is 30.3 Å². The Labute approximate surface area is 129 Å². The monoisotopic (exact) mass is 296 g/mol. The Morgan fingerprint density at radius 2 is 2.18 bits per heavy atom. The second kappa shape index (κ2) is 5.12. The standard InChI is InChI=1S/C16H20N6/c1-11-8-12(2)22(20-11)13-4-3-7-21(9-13)16-14-5-6-17-15(14)18-10-19-16/h5-6,8,10,13H,3-4,7,9H2,1-2H3,(H,17,18,19). The maximum absolute atomic E-state index is 4.67. The first-order valence-corrected chi connectivity index (χ1v) is 7.78. The van der Waals surface area contributed by atoms with Crippen molar-refractivity contribution in [2.75, 3.05) is 18.0 Å². The Kier molecular flexibility index (Phi) is 3.10. The summed E-state index contributed by atoms with van der Waals surface area (Å²) in [6, 6.07) is 4.61. The van der Waals surface area contributed by atoms with Gasteiger partial charge in [-0.1, -0.05) is 0 Å². The normalized spacial score (nSPS) is 19.0. The number of piperidine rings is 1. The molecule has 0 spiro atoms. The van der Waals surface area contributed by atoms with Gasteiger partial charge in [-0.05, 0) is 38.8 Å². The number of nitrogens with zero attached hydrogens (tertiary/aromatic N) is 5. The highest BCUT2D eigenvalue weighted by atomic mass is 15.3. The molecule has 0 saturated carbocycles. The molecule has 0 aliphatic carbocycles. The molecule has 1 N–H and O–H groups in total. The quantitative estimate of drug-likeness (QED) is 0.789. The van der Waals surface area contributed by atoms with Gasteiger partial charge in [0, 0.05) is 25.0 Å². The number of fused-ring (bicyclic) bond motifs is 1. The average Bonchev–Trinajstić information content (AvgIpc) is 3.13. The molecule has 22 heavy (non-hydrogen) atoms. The first-order valence-electron chi connectivity index (χ1n) is 7.78. The summed E-state index contributed by atoms with van der Waals surface area (Å²) >= 11 is 0. The van der Waals surface area contributed by atoms with E-state index in [0.717, 1.165) is 42.1 Å². The van der Waals surface area contributed by atoms with Gasteiger partial charge in [-0.15, -0.1) is 0 Å². The van der Waals surface area contributed by atoms with Crippen molar-refractivity contribution in [2.24, 2.45) is 0 Å². The number of hydrogen-bond donors (Lipinski definition) is 1. The summed E-state index contributed by atoms with van der Waals surface area (Å²) in [5, 5.41) is 5.76. The molecule has 1 aliphatic rings. The van der Waals surface area contributed by atoms with Gasteiger partial charge in [-0.3, -0.25) is 4.68 Å². The van der Waals surface area contributed by atoms with Gasteiger partial charge in [-0.25, -0.2) is 9.97 Å². The third kappa shape index (κ3) is 2.15. The first kappa shape index (κ1) is 13.3. The minimum atomic E-state index is 0.409. The number of rotatable bonds is 2. The van der Waals surface area contributed by atoms with Crippen LogP contribution < -0.4 is 4.90 Å². The third-order valence-electron chi connectivity index (χ3n) is 4.42. The van der Waals surface area contributed by atoms with Crippen molar-refractivity contribution in [3.05, 3.63) is 36.0 Å². The summed E-state index contributed by atoms with van der Waals surface area (Å²) in [6.07, 6.45) is 5.88. The summed E-state index contributed by atoms with van der Waals surface area (Å²) in [5.74, 6) is 1.03. The zero-order chi connectivity index (χ0) is 15.1. The summed E-state index contributed by atoms with van der Waals surface area (Å²) in [4.78, 5) is 14.3. The SMILES string of the molecule is Cc1cc(C)n(C2CCCN(c3ncnc4[nH]ccc34)C2)n1. The smallest absolute Gasteiger partial charge is 0.142 e. The van der Waals surface area contributed by atoms with E-state index in [0.29, 0.717) is 6.04 Å². The number of aryl methyl sites for hydroxylation is 2. The number of nitrogens with one attached hydrogen (secondary N) is 1. The molecule has 1 unspecified atom stereocenters. The highest BCUT2D eigenvalue weighted by molar-refractivity contribution is 5.87. The molecule has 3 aromatic rings. The Balaban J connectivity index is 1.66. The van der Waals surface area contributed by atoms with Gasteiger partial charge in [0.25, 0.3) is 0 Å². The van der Waals surface area contributed by atoms with Crippen molar-refractivity contribution >= 4 is 16.9 Å². The lowest BCUT2D eigenvalue weighted by molar-refractivity contribution is 0.368. The Bertz CT molecular complexity index is 802. The molecule has 6 heteroatoms. The molecular weight excluding hydrogens is 276 g/mol. The van der Waals surface area contributed by atoms with E-state index in [4.69, 9.17) is 0 Å². The van der Waals surface area contributed by atoms with E-state index >= 15 is 0 Å². The fraction of sp³-hybridized carbons (Fsp3) is 0.438. The number of aromatic amines is 1. The molecule has 1 aliphatic heterocycles. The van der Waals surface area contributed by atoms with E-state index in [1.807, 2.05) is 6.20 Å². The minimum Gasteiger partial charge on any atom is -0.354 e. The fourth-order valence-electron chi connectivity index (χ4n) is 3.47. The summed E-state index contributed by atoms with van der Waals surface area (Å²) < 4.78 is 2.18. The average molecular weight is 296 g/mol. The summed E-state index contributed by atoms with van der Waals surface area (Å²) in [5.41, 5.74) is 3.22. The van der Waals surface area contributed by atoms with Crippen LogP contribution in [0.15, 0.2) is 24.7 Å². The molecule has 0 bridgehead atoms. The van der Waals surface area contributed by atoms with Crippen LogP contribution in [0.25, 0.3) is 11.0 Å². The van der Waals surface area contributed by atoms with E-state index in [1.54, 1.807) is 6.33 Å². The van der Waals surface area contributed by atoms with Gasteiger partial charge in [0.05, 0.1) is 17.1 Å². The Morgan fingerprint density at radius 3 is 3.00 bits per heavy atom. The van der Waals surface area contributed by atoms with Gasteiger partial charge >= 0.3 is 0 Å². The molecule has 0 aromatic carbocycles. The van der Waals surface area contributed by atoms with E-state index in [9.17, 15) is 0 Å². The van der Waals surface area contributed by atoms with E-state index in [-0.39, 0.29) is 0 Å². The lowest BCUT2D eigenvalue weighted by atomic mass is 10.1. The predicted molar refractivity (Wildman–Crippen MR) is 86.1 cm³/mol. The van der Waals surface area contributed by atoms with Crippen molar-refractivity contribution in [3.63, 3.8) is 0 Å². The van der Waals surface area contributed by atoms with Crippen molar-refractivity contribution in [1.29, 1.82) is 0 Å². The number of hydrogen-bond acceptors (Lipinski definition) is 4. The maximum atomic E-state index is 4.67. The van der Waals surface area contributed by atoms with E-state index in [1.165, 1.54) is 12.1 Å². The molecule has 4 heterocycles. The number of anilines is 1. The van der Waals surface area contributed by atoms with Crippen molar-refractivity contribution in [3.8, 4) is 0 Å². The predicted octanol–water partition coefficient (Wildman–Crippen LogP) is 2.61. The first-order chi connectivity index (χ1) is 10.7. The Hall–Kier alpha value is -2.37. The lowest BCUT2D eigenvalue weighted by Crippen LogP contribution is -2.37. The molecular formula is C16H20N6. The highest BCUT2D eigenvalue weighted by Crippen LogP contribution is 2.29. The van der Waals surface area contributed by atoms with Crippen molar-refractivity contribution < 1.29 is 0 Å². The van der Waals surface area contributed by atoms with Crippen LogP contribution in [0, 0.1) is 13.8 Å². The van der Waals surface area contributed by atoms with Gasteiger partial charge in [0.15, 0.2) is 0 Å². The largest absolute Gasteiger partial charge is 0.354 e. The van der Waals surface area contributed by atoms with Crippen LogP contribution in [0.3, 0.4) is 0 Å². The highest BCUT2D eigenvalue weighted by Gasteiger charge is 2.25. The van der Waals surface area contributed by atoms with Crippen molar-refractivity contribution in [2.45, 2.75) is 32.7 Å². The molecule has 114 valence electrons. The molecule has 0 radical (unpaired) electrons. The molecule has 0 amide bonds. The summed E-state index contributed by atoms with van der Waals surface area (Å²) in [6.45, 7) is 6.16. The van der Waals surface area contributed by atoms with E-state index < -0.39 is 0 Å². The second-order valence-corrected chi connectivity index (χ2v) is 6.05. The van der Waals surface area contributed by atoms with E-state index in [2.05, 4.69) is 55.6 Å². The minimum absolute atomic E-state index is 0.409. The molecule has 3 aromatic heterocycles. The van der Waals surface area contributed by atoms with Gasteiger partial charge in [-0.2, -0.15) is 5.10 Å². The molecule has 1 fully saturated rings. The van der Waals surface area contributed by atoms with Crippen LogP contribution in [0.2, 0.25) is 0 Å². The van der Waals surface area contributed by atoms with Crippen molar-refractivity contribution in [1.82, 2.24) is 24.7 Å². The zero-order valence-electron chi connectivity index (χ0n) is 13.0. The topological polar surface area (TPSA) is 62.6 Å². The second-order valence-electron chi connectivity index (χ2n) is 6.05. The van der Waals surface area contributed by atoms with Crippen LogP contribution in [0.4, 0.5) is 5.82 Å². The van der Waals surface area contributed by atoms with Crippen LogP contribution in [0.5, 0.6) is 0 Å². The number of aromatic nitrogens is 5. The fourth-order valence-corrected chi connectivity index (χ4v) is 3.47. The van der Waals surface area contributed by atoms with Crippen LogP contribution in [-0.4, -0.2) is 37.8 Å². The van der Waals surface area contributed by atoms with Gasteiger partial charge < -0.3 is 9.88 Å². The Morgan fingerprint density at radius 1 is 1.27 bits per heavy atom. The third-order valence-corrected chi connectivity index (χ3v) is 4.42. The molecule has 4 rings (SSSR count). The van der Waals surface area contributed by atoms with Gasteiger partial charge in [0.2, 0.25) is 0 Å². The lowest BCUT2D eigenvalue weighted by Gasteiger charge is -2.34. The number of H-pyrrole nitrogens is 1. The molecule has 1 saturated heterocycles. The summed E-state index contributed by atoms with van der Waals surface area (Å²) in [7, 11) is 0. The molecule has 6 nitrogen and oxygen atoms in total. The van der Waals surface area contributed by atoms with Crippen LogP contribution >= 0.6 is 0 Å². The molecule has 1 atom stereocenters. The maximum Gasteiger partial charge on any atom is 0.142 e. The van der Waals surface area contributed by atoms with Crippen LogP contribution in [-0.2, 0) is 0 Å². The zero-order valence-corrected chi connectivity index (χ0v) is 13.0.